The Labute approximate surface area is 197 Å². The first-order valence-electron chi connectivity index (χ1n) is 11.5. The van der Waals surface area contributed by atoms with Gasteiger partial charge >= 0.3 is 12.1 Å². The van der Waals surface area contributed by atoms with Crippen molar-refractivity contribution in [1.29, 1.82) is 0 Å². The fraction of sp³-hybridized carbons (Fsp3) is 0.560. The van der Waals surface area contributed by atoms with Gasteiger partial charge in [-0.3, -0.25) is 4.79 Å². The lowest BCUT2D eigenvalue weighted by Crippen LogP contribution is -2.20. The van der Waals surface area contributed by atoms with Gasteiger partial charge in [0.25, 0.3) is 0 Å². The summed E-state index contributed by atoms with van der Waals surface area (Å²) in [6.07, 6.45) is 3.16. The minimum absolute atomic E-state index is 0.101. The normalized spacial score (nSPS) is 24.2. The summed E-state index contributed by atoms with van der Waals surface area (Å²) in [5, 5.41) is 39.4. The SMILES string of the molecule is O=C(O)CCCC=CC[C@@H]1[C@@H](C=C[C@@H](O)CCCOc2cccc(C(F)(F)F)c2)[C@H](O)C[C@@H]1O. The van der Waals surface area contributed by atoms with E-state index in [4.69, 9.17) is 9.84 Å². The average molecular weight is 487 g/mol. The summed E-state index contributed by atoms with van der Waals surface area (Å²) in [7, 11) is 0. The highest BCUT2D eigenvalue weighted by atomic mass is 19.4. The molecule has 1 fully saturated rings. The van der Waals surface area contributed by atoms with E-state index in [0.717, 1.165) is 12.1 Å². The fourth-order valence-electron chi connectivity index (χ4n) is 4.05. The molecule has 190 valence electrons. The van der Waals surface area contributed by atoms with Crippen molar-refractivity contribution >= 4 is 5.97 Å². The van der Waals surface area contributed by atoms with Crippen molar-refractivity contribution < 1.29 is 43.1 Å². The van der Waals surface area contributed by atoms with E-state index in [1.165, 1.54) is 12.1 Å². The molecule has 1 aromatic carbocycles. The van der Waals surface area contributed by atoms with E-state index in [-0.39, 0.29) is 37.0 Å². The number of alkyl halides is 3. The summed E-state index contributed by atoms with van der Waals surface area (Å²) in [6, 6.07) is 4.63. The number of benzene rings is 1. The van der Waals surface area contributed by atoms with Crippen LogP contribution in [0.1, 0.15) is 50.5 Å². The predicted octanol–water partition coefficient (Wildman–Crippen LogP) is 4.34. The maximum Gasteiger partial charge on any atom is 0.416 e. The maximum absolute atomic E-state index is 12.7. The van der Waals surface area contributed by atoms with Gasteiger partial charge in [-0.25, -0.2) is 0 Å². The minimum atomic E-state index is -4.44. The summed E-state index contributed by atoms with van der Waals surface area (Å²) >= 11 is 0. The number of hydrogen-bond donors (Lipinski definition) is 4. The van der Waals surface area contributed by atoms with Crippen molar-refractivity contribution in [2.45, 2.75) is 69.4 Å². The Morgan fingerprint density at radius 2 is 1.94 bits per heavy atom. The first-order valence-corrected chi connectivity index (χ1v) is 11.5. The van der Waals surface area contributed by atoms with Crippen LogP contribution < -0.4 is 4.74 Å². The Morgan fingerprint density at radius 3 is 2.65 bits per heavy atom. The van der Waals surface area contributed by atoms with Gasteiger partial charge in [0, 0.05) is 18.8 Å². The van der Waals surface area contributed by atoms with Gasteiger partial charge in [0.15, 0.2) is 0 Å². The third-order valence-electron chi connectivity index (χ3n) is 5.88. The second kappa shape index (κ2) is 13.5. The zero-order valence-electron chi connectivity index (χ0n) is 18.9. The molecule has 0 saturated heterocycles. The molecular formula is C25H33F3O6. The van der Waals surface area contributed by atoms with Crippen LogP contribution in [0.3, 0.4) is 0 Å². The van der Waals surface area contributed by atoms with Gasteiger partial charge in [-0.1, -0.05) is 30.4 Å². The van der Waals surface area contributed by atoms with E-state index >= 15 is 0 Å². The lowest BCUT2D eigenvalue weighted by atomic mass is 9.89. The molecule has 0 spiro atoms. The molecule has 0 aromatic heterocycles. The topological polar surface area (TPSA) is 107 Å². The average Bonchev–Trinajstić information content (AvgIpc) is 3.03. The van der Waals surface area contributed by atoms with E-state index in [1.807, 2.05) is 12.2 Å². The van der Waals surface area contributed by atoms with Gasteiger partial charge in [-0.05, 0) is 56.2 Å². The van der Waals surface area contributed by atoms with Crippen LogP contribution in [0.25, 0.3) is 0 Å². The van der Waals surface area contributed by atoms with E-state index in [0.29, 0.717) is 32.1 Å². The zero-order valence-corrected chi connectivity index (χ0v) is 18.9. The standard InChI is InChI=1S/C25H33F3O6/c26-25(27,28)17-7-5-9-19(15-17)34-14-6-8-18(29)12-13-21-20(22(30)16-23(21)31)10-3-1-2-4-11-24(32)33/h1,3,5,7,9,12-13,15,18,20-23,29-31H,2,4,6,8,10-11,14,16H2,(H,32,33)/t18-,20+,21+,22-,23+/m0/s1. The fourth-order valence-corrected chi connectivity index (χ4v) is 4.05. The van der Waals surface area contributed by atoms with E-state index < -0.39 is 36.0 Å². The molecule has 0 unspecified atom stereocenters. The van der Waals surface area contributed by atoms with Crippen LogP contribution in [0.2, 0.25) is 0 Å². The molecule has 0 radical (unpaired) electrons. The Balaban J connectivity index is 1.76. The first-order chi connectivity index (χ1) is 16.1. The highest BCUT2D eigenvalue weighted by molar-refractivity contribution is 5.66. The Bertz CT molecular complexity index is 823. The summed E-state index contributed by atoms with van der Waals surface area (Å²) < 4.78 is 43.6. The minimum Gasteiger partial charge on any atom is -0.494 e. The van der Waals surface area contributed by atoms with Crippen molar-refractivity contribution in [3.63, 3.8) is 0 Å². The van der Waals surface area contributed by atoms with E-state index in [2.05, 4.69) is 0 Å². The number of aliphatic carboxylic acids is 1. The Morgan fingerprint density at radius 1 is 1.18 bits per heavy atom. The highest BCUT2D eigenvalue weighted by Crippen LogP contribution is 2.36. The molecule has 6 nitrogen and oxygen atoms in total. The van der Waals surface area contributed by atoms with Crippen LogP contribution in [0, 0.1) is 11.8 Å². The van der Waals surface area contributed by atoms with Crippen LogP contribution in [-0.4, -0.2) is 51.3 Å². The third kappa shape index (κ3) is 9.48. The van der Waals surface area contributed by atoms with Gasteiger partial charge in [-0.2, -0.15) is 13.2 Å². The summed E-state index contributed by atoms with van der Waals surface area (Å²) in [4.78, 5) is 10.5. The predicted molar refractivity (Wildman–Crippen MR) is 120 cm³/mol. The summed E-state index contributed by atoms with van der Waals surface area (Å²) in [5.74, 6) is -1.26. The van der Waals surface area contributed by atoms with Crippen molar-refractivity contribution in [3.8, 4) is 5.75 Å². The molecule has 0 aliphatic heterocycles. The van der Waals surface area contributed by atoms with Crippen molar-refractivity contribution in [1.82, 2.24) is 0 Å². The third-order valence-corrected chi connectivity index (χ3v) is 5.88. The first kappa shape index (κ1) is 27.9. The molecule has 2 rings (SSSR count). The molecule has 1 aromatic rings. The molecular weight excluding hydrogens is 453 g/mol. The van der Waals surface area contributed by atoms with Crippen LogP contribution in [0.5, 0.6) is 5.75 Å². The maximum atomic E-state index is 12.7. The second-order valence-electron chi connectivity index (χ2n) is 8.57. The molecule has 9 heteroatoms. The van der Waals surface area contributed by atoms with Gasteiger partial charge in [0.05, 0.1) is 30.5 Å². The molecule has 1 aliphatic carbocycles. The number of aliphatic hydroxyl groups excluding tert-OH is 3. The molecule has 1 aliphatic rings. The number of unbranched alkanes of at least 4 members (excludes halogenated alkanes) is 1. The Hall–Kier alpha value is -2.36. The number of allylic oxidation sites excluding steroid dienone is 2. The van der Waals surface area contributed by atoms with Crippen molar-refractivity contribution in [3.05, 3.63) is 54.1 Å². The Kier molecular flexibility index (Phi) is 11.1. The van der Waals surface area contributed by atoms with Crippen LogP contribution in [0.4, 0.5) is 13.2 Å². The number of aliphatic hydroxyl groups is 3. The molecule has 5 atom stereocenters. The number of hydrogen-bond acceptors (Lipinski definition) is 5. The molecule has 34 heavy (non-hydrogen) atoms. The molecule has 0 heterocycles. The quantitative estimate of drug-likeness (QED) is 0.244. The zero-order chi connectivity index (χ0) is 25.1. The van der Waals surface area contributed by atoms with Gasteiger partial charge in [-0.15, -0.1) is 0 Å². The molecule has 0 bridgehead atoms. The highest BCUT2D eigenvalue weighted by Gasteiger charge is 2.39. The lowest BCUT2D eigenvalue weighted by Gasteiger charge is -2.19. The molecule has 0 amide bonds. The molecule has 4 N–H and O–H groups in total. The van der Waals surface area contributed by atoms with Crippen LogP contribution in [-0.2, 0) is 11.0 Å². The second-order valence-corrected chi connectivity index (χ2v) is 8.57. The van der Waals surface area contributed by atoms with Crippen molar-refractivity contribution in [2.75, 3.05) is 6.61 Å². The number of carboxylic acids is 1. The van der Waals surface area contributed by atoms with Crippen molar-refractivity contribution in [2.24, 2.45) is 11.8 Å². The largest absolute Gasteiger partial charge is 0.494 e. The number of halogens is 3. The number of ether oxygens (including phenoxy) is 1. The summed E-state index contributed by atoms with van der Waals surface area (Å²) in [6.45, 7) is 0.145. The number of carbonyl (C=O) groups is 1. The monoisotopic (exact) mass is 486 g/mol. The van der Waals surface area contributed by atoms with Gasteiger partial charge in [0.2, 0.25) is 0 Å². The van der Waals surface area contributed by atoms with Gasteiger partial charge in [0.1, 0.15) is 5.75 Å². The summed E-state index contributed by atoms with van der Waals surface area (Å²) in [5.41, 5.74) is -0.782. The number of carboxylic acid groups (broad SMARTS) is 1. The van der Waals surface area contributed by atoms with Gasteiger partial charge < -0.3 is 25.2 Å². The van der Waals surface area contributed by atoms with Crippen LogP contribution in [0.15, 0.2) is 48.6 Å². The lowest BCUT2D eigenvalue weighted by molar-refractivity contribution is -0.138. The van der Waals surface area contributed by atoms with E-state index in [9.17, 15) is 33.3 Å². The molecule has 1 saturated carbocycles. The number of rotatable bonds is 13. The smallest absolute Gasteiger partial charge is 0.416 e. The van der Waals surface area contributed by atoms with Crippen LogP contribution >= 0.6 is 0 Å². The van der Waals surface area contributed by atoms with E-state index in [1.54, 1.807) is 12.2 Å².